The molecule has 0 saturated heterocycles. The molecule has 0 aromatic heterocycles. The van der Waals surface area contributed by atoms with Crippen LogP contribution in [0.3, 0.4) is 0 Å². The van der Waals surface area contributed by atoms with E-state index in [-0.39, 0.29) is 30.3 Å². The van der Waals surface area contributed by atoms with E-state index in [2.05, 4.69) is 10.6 Å². The molecule has 7 heteroatoms. The summed E-state index contributed by atoms with van der Waals surface area (Å²) in [5, 5.41) is 5.75. The minimum Gasteiger partial charge on any atom is -0.328 e. The van der Waals surface area contributed by atoms with Gasteiger partial charge in [0.2, 0.25) is 11.8 Å². The van der Waals surface area contributed by atoms with Crippen molar-refractivity contribution in [1.29, 1.82) is 0 Å². The standard InChI is InChI=1S/C13H18ClN3O2.ClH/c1-8(15)3-6-13(19)17-12-7-10(16-9(2)18)4-5-11(12)14;/h4-5,7-8H,3,6,15H2,1-2H3,(H,16,18)(H,17,19);1H. The Morgan fingerprint density at radius 3 is 2.55 bits per heavy atom. The third kappa shape index (κ3) is 6.75. The van der Waals surface area contributed by atoms with E-state index < -0.39 is 0 Å². The molecule has 1 atom stereocenters. The van der Waals surface area contributed by atoms with E-state index in [1.807, 2.05) is 6.92 Å². The number of nitrogens with one attached hydrogen (secondary N) is 2. The minimum atomic E-state index is -0.184. The van der Waals surface area contributed by atoms with Crippen LogP contribution in [0.15, 0.2) is 18.2 Å². The van der Waals surface area contributed by atoms with Crippen LogP contribution in [0.25, 0.3) is 0 Å². The minimum absolute atomic E-state index is 0. The third-order valence-electron chi connectivity index (χ3n) is 2.39. The van der Waals surface area contributed by atoms with Crippen LogP contribution in [0.5, 0.6) is 0 Å². The van der Waals surface area contributed by atoms with Crippen molar-refractivity contribution in [3.05, 3.63) is 23.2 Å². The number of amides is 2. The van der Waals surface area contributed by atoms with Crippen molar-refractivity contribution in [1.82, 2.24) is 0 Å². The van der Waals surface area contributed by atoms with Gasteiger partial charge in [0.25, 0.3) is 0 Å². The highest BCUT2D eigenvalue weighted by molar-refractivity contribution is 6.33. The predicted octanol–water partition coefficient (Wildman–Crippen LogP) is 2.79. The van der Waals surface area contributed by atoms with Crippen LogP contribution in [-0.4, -0.2) is 17.9 Å². The van der Waals surface area contributed by atoms with Gasteiger partial charge in [-0.25, -0.2) is 0 Å². The summed E-state index contributed by atoms with van der Waals surface area (Å²) in [4.78, 5) is 22.7. The van der Waals surface area contributed by atoms with Gasteiger partial charge < -0.3 is 16.4 Å². The topological polar surface area (TPSA) is 84.2 Å². The van der Waals surface area contributed by atoms with Gasteiger partial charge in [0.15, 0.2) is 0 Å². The second-order valence-electron chi connectivity index (χ2n) is 4.44. The largest absolute Gasteiger partial charge is 0.328 e. The first-order chi connectivity index (χ1) is 8.88. The summed E-state index contributed by atoms with van der Waals surface area (Å²) in [5.41, 5.74) is 6.65. The van der Waals surface area contributed by atoms with Gasteiger partial charge in [0.1, 0.15) is 0 Å². The second kappa shape index (κ2) is 8.79. The molecule has 0 aliphatic carbocycles. The Labute approximate surface area is 129 Å². The lowest BCUT2D eigenvalue weighted by Gasteiger charge is -2.10. The van der Waals surface area contributed by atoms with Crippen LogP contribution in [0, 0.1) is 0 Å². The van der Waals surface area contributed by atoms with Crippen molar-refractivity contribution in [3.63, 3.8) is 0 Å². The molecule has 2 amide bonds. The van der Waals surface area contributed by atoms with Gasteiger partial charge in [-0.15, -0.1) is 12.4 Å². The maximum absolute atomic E-state index is 11.7. The van der Waals surface area contributed by atoms with E-state index in [0.717, 1.165) is 0 Å². The molecule has 0 aliphatic rings. The molecule has 4 N–H and O–H groups in total. The zero-order valence-corrected chi connectivity index (χ0v) is 13.0. The predicted molar refractivity (Wildman–Crippen MR) is 84.5 cm³/mol. The van der Waals surface area contributed by atoms with Crippen molar-refractivity contribution < 1.29 is 9.59 Å². The first-order valence-electron chi connectivity index (χ1n) is 6.01. The fraction of sp³-hybridized carbons (Fsp3) is 0.385. The van der Waals surface area contributed by atoms with Crippen molar-refractivity contribution >= 4 is 47.2 Å². The normalized spacial score (nSPS) is 11.2. The molecule has 0 bridgehead atoms. The highest BCUT2D eigenvalue weighted by atomic mass is 35.5. The number of anilines is 2. The molecule has 1 unspecified atom stereocenters. The smallest absolute Gasteiger partial charge is 0.224 e. The monoisotopic (exact) mass is 319 g/mol. The maximum Gasteiger partial charge on any atom is 0.224 e. The van der Waals surface area contributed by atoms with E-state index in [1.165, 1.54) is 6.92 Å². The van der Waals surface area contributed by atoms with Crippen LogP contribution in [-0.2, 0) is 9.59 Å². The van der Waals surface area contributed by atoms with Gasteiger partial charge in [-0.1, -0.05) is 11.6 Å². The number of nitrogens with two attached hydrogens (primary N) is 1. The SMILES string of the molecule is CC(=O)Nc1ccc(Cl)c(NC(=O)CCC(C)N)c1.Cl. The molecule has 1 aromatic rings. The lowest BCUT2D eigenvalue weighted by molar-refractivity contribution is -0.116. The lowest BCUT2D eigenvalue weighted by atomic mass is 10.2. The average Bonchev–Trinajstić information content (AvgIpc) is 2.30. The van der Waals surface area contributed by atoms with Gasteiger partial charge in [0.05, 0.1) is 10.7 Å². The summed E-state index contributed by atoms with van der Waals surface area (Å²) in [6.45, 7) is 3.26. The summed E-state index contributed by atoms with van der Waals surface area (Å²) in [7, 11) is 0. The molecule has 0 spiro atoms. The van der Waals surface area contributed by atoms with Crippen molar-refractivity contribution in [2.75, 3.05) is 10.6 Å². The van der Waals surface area contributed by atoms with E-state index in [1.54, 1.807) is 18.2 Å². The molecule has 0 heterocycles. The molecule has 20 heavy (non-hydrogen) atoms. The molecule has 5 nitrogen and oxygen atoms in total. The van der Waals surface area contributed by atoms with Crippen LogP contribution < -0.4 is 16.4 Å². The van der Waals surface area contributed by atoms with E-state index >= 15 is 0 Å². The van der Waals surface area contributed by atoms with Gasteiger partial charge in [-0.3, -0.25) is 9.59 Å². The highest BCUT2D eigenvalue weighted by Gasteiger charge is 2.08. The molecule has 1 rings (SSSR count). The van der Waals surface area contributed by atoms with Gasteiger partial charge in [0, 0.05) is 25.1 Å². The Hall–Kier alpha value is -1.30. The lowest BCUT2D eigenvalue weighted by Crippen LogP contribution is -2.19. The Morgan fingerprint density at radius 1 is 1.35 bits per heavy atom. The summed E-state index contributed by atoms with van der Waals surface area (Å²) in [6.07, 6.45) is 0.938. The number of rotatable bonds is 5. The van der Waals surface area contributed by atoms with Crippen LogP contribution >= 0.6 is 24.0 Å². The number of benzene rings is 1. The van der Waals surface area contributed by atoms with Gasteiger partial charge in [-0.05, 0) is 31.5 Å². The van der Waals surface area contributed by atoms with Crippen molar-refractivity contribution in [2.45, 2.75) is 32.7 Å². The summed E-state index contributed by atoms with van der Waals surface area (Å²) in [5.74, 6) is -0.337. The zero-order chi connectivity index (χ0) is 14.4. The number of hydrogen-bond acceptors (Lipinski definition) is 3. The Bertz CT molecular complexity index is 479. The summed E-state index contributed by atoms with van der Waals surface area (Å²) < 4.78 is 0. The molecule has 1 aromatic carbocycles. The second-order valence-corrected chi connectivity index (χ2v) is 4.85. The summed E-state index contributed by atoms with van der Waals surface area (Å²) in [6, 6.07) is 4.88. The van der Waals surface area contributed by atoms with E-state index in [4.69, 9.17) is 17.3 Å². The Kier molecular flexibility index (Phi) is 8.22. The van der Waals surface area contributed by atoms with E-state index in [0.29, 0.717) is 29.2 Å². The first-order valence-corrected chi connectivity index (χ1v) is 6.39. The third-order valence-corrected chi connectivity index (χ3v) is 2.72. The Morgan fingerprint density at radius 2 is 2.00 bits per heavy atom. The number of halogens is 2. The first kappa shape index (κ1) is 18.7. The van der Waals surface area contributed by atoms with Crippen LogP contribution in [0.4, 0.5) is 11.4 Å². The fourth-order valence-corrected chi connectivity index (χ4v) is 1.64. The maximum atomic E-state index is 11.7. The quantitative estimate of drug-likeness (QED) is 0.780. The highest BCUT2D eigenvalue weighted by Crippen LogP contribution is 2.25. The molecule has 0 fully saturated rings. The average molecular weight is 320 g/mol. The van der Waals surface area contributed by atoms with Crippen molar-refractivity contribution in [3.8, 4) is 0 Å². The summed E-state index contributed by atoms with van der Waals surface area (Å²) >= 11 is 5.99. The van der Waals surface area contributed by atoms with Gasteiger partial charge in [-0.2, -0.15) is 0 Å². The van der Waals surface area contributed by atoms with Gasteiger partial charge >= 0.3 is 0 Å². The molecule has 0 radical (unpaired) electrons. The van der Waals surface area contributed by atoms with Crippen molar-refractivity contribution in [2.24, 2.45) is 5.73 Å². The number of carbonyl (C=O) groups is 2. The number of hydrogen-bond donors (Lipinski definition) is 3. The molecule has 0 saturated carbocycles. The number of carbonyl (C=O) groups excluding carboxylic acids is 2. The zero-order valence-electron chi connectivity index (χ0n) is 11.4. The van der Waals surface area contributed by atoms with Crippen LogP contribution in [0.1, 0.15) is 26.7 Å². The molecular formula is C13H19Cl2N3O2. The molecule has 112 valence electrons. The Balaban J connectivity index is 0.00000361. The molecular weight excluding hydrogens is 301 g/mol. The van der Waals surface area contributed by atoms with Crippen LogP contribution in [0.2, 0.25) is 5.02 Å². The van der Waals surface area contributed by atoms with E-state index in [9.17, 15) is 9.59 Å². The fourth-order valence-electron chi connectivity index (χ4n) is 1.47. The molecule has 0 aliphatic heterocycles.